The van der Waals surface area contributed by atoms with Crippen LogP contribution < -0.4 is 0 Å². The Bertz CT molecular complexity index is 334. The van der Waals surface area contributed by atoms with Crippen LogP contribution in [0.3, 0.4) is 0 Å². The number of aliphatic hydroxyl groups is 2. The zero-order valence-corrected chi connectivity index (χ0v) is 11.5. The van der Waals surface area contributed by atoms with Crippen molar-refractivity contribution in [2.45, 2.75) is 65.1 Å². The maximum atomic E-state index is 11.2. The first kappa shape index (κ1) is 13.1. The molecule has 1 saturated carbocycles. The van der Waals surface area contributed by atoms with Crippen LogP contribution in [0.25, 0.3) is 0 Å². The molecule has 4 unspecified atom stereocenters. The molecule has 4 atom stereocenters. The Morgan fingerprint density at radius 3 is 2.65 bits per heavy atom. The van der Waals surface area contributed by atoms with Crippen LogP contribution in [0.1, 0.15) is 53.4 Å². The first-order valence-electron chi connectivity index (χ1n) is 6.87. The van der Waals surface area contributed by atoms with E-state index in [1.165, 1.54) is 0 Å². The highest BCUT2D eigenvalue weighted by Gasteiger charge is 2.58. The first-order chi connectivity index (χ1) is 7.80. The molecule has 0 spiro atoms. The van der Waals surface area contributed by atoms with E-state index in [4.69, 9.17) is 0 Å². The topological polar surface area (TPSA) is 40.5 Å². The Morgan fingerprint density at radius 2 is 2.06 bits per heavy atom. The van der Waals surface area contributed by atoms with Gasteiger partial charge >= 0.3 is 0 Å². The Hall–Kier alpha value is -0.340. The minimum atomic E-state index is -0.700. The molecule has 0 amide bonds. The number of allylic oxidation sites excluding steroid dienone is 1. The van der Waals surface area contributed by atoms with E-state index < -0.39 is 11.7 Å². The summed E-state index contributed by atoms with van der Waals surface area (Å²) in [6.07, 6.45) is 5.23. The molecule has 2 heteroatoms. The van der Waals surface area contributed by atoms with Crippen LogP contribution >= 0.6 is 0 Å². The van der Waals surface area contributed by atoms with E-state index in [1.807, 2.05) is 6.92 Å². The van der Waals surface area contributed by atoms with Crippen LogP contribution in [0.15, 0.2) is 11.6 Å². The fourth-order valence-corrected chi connectivity index (χ4v) is 3.92. The Labute approximate surface area is 105 Å². The van der Waals surface area contributed by atoms with E-state index in [-0.39, 0.29) is 5.41 Å². The molecular weight excluding hydrogens is 212 g/mol. The summed E-state index contributed by atoms with van der Waals surface area (Å²) in [6.45, 7) is 8.54. The summed E-state index contributed by atoms with van der Waals surface area (Å²) in [5.74, 6) is 0.800. The lowest BCUT2D eigenvalue weighted by molar-refractivity contribution is -0.112. The second kappa shape index (κ2) is 4.10. The fraction of sp³-hybridized carbons (Fsp3) is 0.867. The van der Waals surface area contributed by atoms with Crippen molar-refractivity contribution < 1.29 is 10.2 Å². The monoisotopic (exact) mass is 238 g/mol. The average Bonchev–Trinajstić information content (AvgIpc) is 2.44. The molecule has 0 aliphatic heterocycles. The molecule has 0 radical (unpaired) electrons. The molecule has 98 valence electrons. The summed E-state index contributed by atoms with van der Waals surface area (Å²) in [6, 6.07) is 0. The van der Waals surface area contributed by atoms with E-state index >= 15 is 0 Å². The van der Waals surface area contributed by atoms with Crippen LogP contribution in [-0.2, 0) is 0 Å². The number of aliphatic hydroxyl groups excluding tert-OH is 1. The summed E-state index contributed by atoms with van der Waals surface area (Å²) in [5.41, 5.74) is 0.270. The quantitative estimate of drug-likeness (QED) is 0.690. The molecule has 17 heavy (non-hydrogen) atoms. The van der Waals surface area contributed by atoms with Crippen molar-refractivity contribution in [2.75, 3.05) is 0 Å². The van der Waals surface area contributed by atoms with Crippen LogP contribution in [0.4, 0.5) is 0 Å². The average molecular weight is 238 g/mol. The summed E-state index contributed by atoms with van der Waals surface area (Å²) in [7, 11) is 0. The van der Waals surface area contributed by atoms with E-state index in [1.54, 1.807) is 0 Å². The molecule has 0 saturated heterocycles. The highest BCUT2D eigenvalue weighted by Crippen LogP contribution is 2.57. The van der Waals surface area contributed by atoms with Gasteiger partial charge in [0.2, 0.25) is 0 Å². The first-order valence-corrected chi connectivity index (χ1v) is 6.87. The van der Waals surface area contributed by atoms with Crippen molar-refractivity contribution in [3.63, 3.8) is 0 Å². The van der Waals surface area contributed by atoms with Gasteiger partial charge in [0.1, 0.15) is 0 Å². The summed E-state index contributed by atoms with van der Waals surface area (Å²) < 4.78 is 0. The minimum Gasteiger partial charge on any atom is -0.389 e. The van der Waals surface area contributed by atoms with Crippen LogP contribution in [0, 0.1) is 17.3 Å². The SMILES string of the molecule is CC1=CCC2(C)CCC(C(C)C)C2(O)CC1O. The van der Waals surface area contributed by atoms with E-state index in [0.29, 0.717) is 18.3 Å². The van der Waals surface area contributed by atoms with Crippen LogP contribution in [-0.4, -0.2) is 21.9 Å². The van der Waals surface area contributed by atoms with Crippen molar-refractivity contribution in [2.24, 2.45) is 17.3 Å². The van der Waals surface area contributed by atoms with Crippen molar-refractivity contribution in [1.29, 1.82) is 0 Å². The van der Waals surface area contributed by atoms with Crippen LogP contribution in [0.2, 0.25) is 0 Å². The maximum absolute atomic E-state index is 11.2. The van der Waals surface area contributed by atoms with E-state index in [0.717, 1.165) is 24.8 Å². The molecule has 0 aromatic rings. The Kier molecular flexibility index (Phi) is 3.16. The standard InChI is InChI=1S/C15H26O2/c1-10(2)12-6-8-14(4)7-5-11(3)13(16)9-15(12,14)17/h5,10,12-13,16-17H,6-9H2,1-4H3. The zero-order valence-electron chi connectivity index (χ0n) is 11.5. The maximum Gasteiger partial charge on any atom is 0.0775 e. The van der Waals surface area contributed by atoms with Gasteiger partial charge in [0.15, 0.2) is 0 Å². The second-order valence-corrected chi connectivity index (χ2v) is 6.75. The molecule has 0 aromatic heterocycles. The fourth-order valence-electron chi connectivity index (χ4n) is 3.92. The molecule has 0 aromatic carbocycles. The third-order valence-corrected chi connectivity index (χ3v) is 5.38. The molecule has 2 N–H and O–H groups in total. The smallest absolute Gasteiger partial charge is 0.0775 e. The summed E-state index contributed by atoms with van der Waals surface area (Å²) >= 11 is 0. The van der Waals surface area contributed by atoms with Crippen molar-refractivity contribution in [3.05, 3.63) is 11.6 Å². The third kappa shape index (κ3) is 1.86. The normalized spacial score (nSPS) is 46.6. The number of hydrogen-bond acceptors (Lipinski definition) is 2. The van der Waals surface area contributed by atoms with Gasteiger partial charge in [0.25, 0.3) is 0 Å². The molecule has 2 rings (SSSR count). The second-order valence-electron chi connectivity index (χ2n) is 6.75. The minimum absolute atomic E-state index is 0.0549. The lowest BCUT2D eigenvalue weighted by Gasteiger charge is -2.44. The van der Waals surface area contributed by atoms with E-state index in [2.05, 4.69) is 26.8 Å². The van der Waals surface area contributed by atoms with Gasteiger partial charge in [0.05, 0.1) is 11.7 Å². The predicted octanol–water partition coefficient (Wildman–Crippen LogP) is 2.89. The van der Waals surface area contributed by atoms with E-state index in [9.17, 15) is 10.2 Å². The molecule has 2 aliphatic rings. The summed E-state index contributed by atoms with van der Waals surface area (Å²) in [5, 5.41) is 21.3. The Balaban J connectivity index is 2.37. The van der Waals surface area contributed by atoms with Gasteiger partial charge in [-0.2, -0.15) is 0 Å². The molecule has 2 aliphatic carbocycles. The summed E-state index contributed by atoms with van der Waals surface area (Å²) in [4.78, 5) is 0. The van der Waals surface area contributed by atoms with Crippen LogP contribution in [0.5, 0.6) is 0 Å². The van der Waals surface area contributed by atoms with Crippen molar-refractivity contribution in [1.82, 2.24) is 0 Å². The highest BCUT2D eigenvalue weighted by atomic mass is 16.3. The molecule has 2 nitrogen and oxygen atoms in total. The van der Waals surface area contributed by atoms with Gasteiger partial charge < -0.3 is 10.2 Å². The largest absolute Gasteiger partial charge is 0.389 e. The molecular formula is C15H26O2. The van der Waals surface area contributed by atoms with Gasteiger partial charge in [-0.3, -0.25) is 0 Å². The number of hydrogen-bond donors (Lipinski definition) is 2. The van der Waals surface area contributed by atoms with Gasteiger partial charge in [-0.15, -0.1) is 0 Å². The lowest BCUT2D eigenvalue weighted by atomic mass is 9.67. The molecule has 0 bridgehead atoms. The van der Waals surface area contributed by atoms with Gasteiger partial charge in [0, 0.05) is 11.8 Å². The van der Waals surface area contributed by atoms with Crippen molar-refractivity contribution in [3.8, 4) is 0 Å². The predicted molar refractivity (Wildman–Crippen MR) is 69.6 cm³/mol. The van der Waals surface area contributed by atoms with Gasteiger partial charge in [-0.05, 0) is 43.6 Å². The number of fused-ring (bicyclic) bond motifs is 1. The third-order valence-electron chi connectivity index (χ3n) is 5.38. The highest BCUT2D eigenvalue weighted by molar-refractivity contribution is 5.19. The lowest BCUT2D eigenvalue weighted by Crippen LogP contribution is -2.49. The zero-order chi connectivity index (χ0) is 12.8. The Morgan fingerprint density at radius 1 is 1.41 bits per heavy atom. The number of rotatable bonds is 1. The van der Waals surface area contributed by atoms with Gasteiger partial charge in [-0.25, -0.2) is 0 Å². The molecule has 1 fully saturated rings. The molecule has 0 heterocycles. The van der Waals surface area contributed by atoms with Crippen molar-refractivity contribution >= 4 is 0 Å². The van der Waals surface area contributed by atoms with Gasteiger partial charge in [-0.1, -0.05) is 26.8 Å².